The maximum absolute atomic E-state index is 14.1. The van der Waals surface area contributed by atoms with Crippen LogP contribution in [-0.2, 0) is 16.4 Å². The van der Waals surface area contributed by atoms with Crippen LogP contribution in [0.4, 0.5) is 4.39 Å². The van der Waals surface area contributed by atoms with Crippen molar-refractivity contribution in [2.45, 2.75) is 24.3 Å². The molecule has 0 saturated carbocycles. The molecule has 2 aromatic rings. The first-order chi connectivity index (χ1) is 10.9. The molecule has 0 aliphatic rings. The van der Waals surface area contributed by atoms with Crippen LogP contribution in [0.25, 0.3) is 0 Å². The van der Waals surface area contributed by atoms with Crippen molar-refractivity contribution in [1.29, 1.82) is 0 Å². The summed E-state index contributed by atoms with van der Waals surface area (Å²) in [5.74, 6) is -0.0334. The zero-order valence-corrected chi connectivity index (χ0v) is 13.8. The minimum atomic E-state index is -4.05. The number of ether oxygens (including phenoxy) is 2. The number of hydrogen-bond donors (Lipinski definition) is 1. The van der Waals surface area contributed by atoms with E-state index in [1.54, 1.807) is 19.1 Å². The van der Waals surface area contributed by atoms with Crippen LogP contribution in [0.2, 0.25) is 0 Å². The molecule has 1 heterocycles. The lowest BCUT2D eigenvalue weighted by atomic mass is 10.2. The van der Waals surface area contributed by atoms with Crippen molar-refractivity contribution < 1.29 is 26.7 Å². The van der Waals surface area contributed by atoms with Crippen molar-refractivity contribution in [2.75, 3.05) is 14.2 Å². The average molecular weight is 343 g/mol. The van der Waals surface area contributed by atoms with Gasteiger partial charge >= 0.3 is 0 Å². The van der Waals surface area contributed by atoms with E-state index in [0.717, 1.165) is 12.1 Å². The van der Waals surface area contributed by atoms with Crippen molar-refractivity contribution in [3.05, 3.63) is 42.1 Å². The molecule has 0 saturated heterocycles. The van der Waals surface area contributed by atoms with Gasteiger partial charge in [-0.05, 0) is 19.1 Å². The predicted molar refractivity (Wildman–Crippen MR) is 81.7 cm³/mol. The number of methoxy groups -OCH3 is 2. The smallest absolute Gasteiger partial charge is 0.243 e. The van der Waals surface area contributed by atoms with Crippen LogP contribution >= 0.6 is 0 Å². The first-order valence-corrected chi connectivity index (χ1v) is 8.32. The molecule has 0 aliphatic carbocycles. The zero-order valence-electron chi connectivity index (χ0n) is 13.0. The first-order valence-electron chi connectivity index (χ1n) is 6.83. The van der Waals surface area contributed by atoms with E-state index in [0.29, 0.717) is 12.2 Å². The molecule has 0 aliphatic heterocycles. The molecule has 1 atom stereocenters. The maximum Gasteiger partial charge on any atom is 0.243 e. The third-order valence-corrected chi connectivity index (χ3v) is 4.78. The van der Waals surface area contributed by atoms with Gasteiger partial charge in [-0.1, -0.05) is 0 Å². The molecule has 0 amide bonds. The van der Waals surface area contributed by atoms with Crippen LogP contribution in [-0.4, -0.2) is 28.7 Å². The molecular weight excluding hydrogens is 325 g/mol. The lowest BCUT2D eigenvalue weighted by Gasteiger charge is -2.15. The summed E-state index contributed by atoms with van der Waals surface area (Å²) in [5.41, 5.74) is 0. The fraction of sp³-hybridized carbons (Fsp3) is 0.333. The van der Waals surface area contributed by atoms with E-state index in [1.165, 1.54) is 20.5 Å². The minimum Gasteiger partial charge on any atom is -0.493 e. The normalized spacial score (nSPS) is 12.9. The SMILES string of the molecule is COc1cc(F)c(S(=O)(=O)N[C@@H](C)Cc2ccco2)cc1OC. The molecule has 8 heteroatoms. The van der Waals surface area contributed by atoms with Gasteiger partial charge in [0.25, 0.3) is 0 Å². The van der Waals surface area contributed by atoms with E-state index >= 15 is 0 Å². The van der Waals surface area contributed by atoms with Gasteiger partial charge in [0.1, 0.15) is 16.5 Å². The Bertz CT molecular complexity index is 758. The van der Waals surface area contributed by atoms with Gasteiger partial charge in [-0.15, -0.1) is 0 Å². The van der Waals surface area contributed by atoms with Crippen molar-refractivity contribution >= 4 is 10.0 Å². The molecule has 1 N–H and O–H groups in total. The van der Waals surface area contributed by atoms with E-state index in [1.807, 2.05) is 0 Å². The van der Waals surface area contributed by atoms with Crippen LogP contribution in [0.1, 0.15) is 12.7 Å². The number of halogens is 1. The van der Waals surface area contributed by atoms with E-state index in [9.17, 15) is 12.8 Å². The van der Waals surface area contributed by atoms with Gasteiger partial charge in [0.05, 0.1) is 20.5 Å². The maximum atomic E-state index is 14.1. The summed E-state index contributed by atoms with van der Waals surface area (Å²) in [5, 5.41) is 0. The molecule has 0 bridgehead atoms. The highest BCUT2D eigenvalue weighted by atomic mass is 32.2. The average Bonchev–Trinajstić information content (AvgIpc) is 2.98. The second-order valence-corrected chi connectivity index (χ2v) is 6.63. The van der Waals surface area contributed by atoms with Gasteiger partial charge < -0.3 is 13.9 Å². The molecule has 6 nitrogen and oxygen atoms in total. The van der Waals surface area contributed by atoms with E-state index < -0.39 is 26.8 Å². The zero-order chi connectivity index (χ0) is 17.0. The Hall–Kier alpha value is -2.06. The molecular formula is C15H18FNO5S. The Morgan fingerprint density at radius 2 is 1.91 bits per heavy atom. The summed E-state index contributed by atoms with van der Waals surface area (Å²) in [6.45, 7) is 1.67. The van der Waals surface area contributed by atoms with Crippen molar-refractivity contribution in [3.8, 4) is 11.5 Å². The number of nitrogens with one attached hydrogen (secondary N) is 1. The number of rotatable bonds is 7. The summed E-state index contributed by atoms with van der Waals surface area (Å²) in [7, 11) is -1.36. The van der Waals surface area contributed by atoms with Crippen molar-refractivity contribution in [3.63, 3.8) is 0 Å². The van der Waals surface area contributed by atoms with Crippen LogP contribution < -0.4 is 14.2 Å². The molecule has 0 unspecified atom stereocenters. The van der Waals surface area contributed by atoms with Crippen molar-refractivity contribution in [1.82, 2.24) is 4.72 Å². The third kappa shape index (κ3) is 4.02. The van der Waals surface area contributed by atoms with Gasteiger partial charge in [0.2, 0.25) is 10.0 Å². The number of sulfonamides is 1. The Morgan fingerprint density at radius 1 is 1.26 bits per heavy atom. The summed E-state index contributed by atoms with van der Waals surface area (Å²) in [6.07, 6.45) is 1.85. The van der Waals surface area contributed by atoms with Crippen LogP contribution in [0.15, 0.2) is 39.8 Å². The fourth-order valence-electron chi connectivity index (χ4n) is 2.14. The predicted octanol–water partition coefficient (Wildman–Crippen LogP) is 2.35. The van der Waals surface area contributed by atoms with E-state index in [4.69, 9.17) is 13.9 Å². The molecule has 1 aromatic carbocycles. The standard InChI is InChI=1S/C15H18FNO5S/c1-10(7-11-5-4-6-22-11)17-23(18,19)15-9-14(21-3)13(20-2)8-12(15)16/h4-6,8-10,17H,7H2,1-3H3/t10-/m0/s1. The number of benzene rings is 1. The second-order valence-electron chi connectivity index (χ2n) is 4.94. The largest absolute Gasteiger partial charge is 0.493 e. The highest BCUT2D eigenvalue weighted by Gasteiger charge is 2.24. The van der Waals surface area contributed by atoms with E-state index in [-0.39, 0.29) is 11.5 Å². The quantitative estimate of drug-likeness (QED) is 0.835. The third-order valence-electron chi connectivity index (χ3n) is 3.17. The Kier molecular flexibility index (Phi) is 5.27. The second kappa shape index (κ2) is 7.01. The van der Waals surface area contributed by atoms with Crippen molar-refractivity contribution in [2.24, 2.45) is 0 Å². The van der Waals surface area contributed by atoms with E-state index in [2.05, 4.69) is 4.72 Å². The Balaban J connectivity index is 2.25. The van der Waals surface area contributed by atoms with Crippen LogP contribution in [0.5, 0.6) is 11.5 Å². The highest BCUT2D eigenvalue weighted by molar-refractivity contribution is 7.89. The molecule has 0 fully saturated rings. The fourth-order valence-corrected chi connectivity index (χ4v) is 3.46. The highest BCUT2D eigenvalue weighted by Crippen LogP contribution is 2.31. The van der Waals surface area contributed by atoms with Crippen LogP contribution in [0.3, 0.4) is 0 Å². The van der Waals surface area contributed by atoms with Gasteiger partial charge in [-0.2, -0.15) is 0 Å². The number of hydrogen-bond acceptors (Lipinski definition) is 5. The molecule has 23 heavy (non-hydrogen) atoms. The van der Waals surface area contributed by atoms with Gasteiger partial charge in [-0.3, -0.25) is 0 Å². The topological polar surface area (TPSA) is 77.8 Å². The van der Waals surface area contributed by atoms with Gasteiger partial charge in [0.15, 0.2) is 11.5 Å². The molecule has 1 aromatic heterocycles. The van der Waals surface area contributed by atoms with Crippen LogP contribution in [0, 0.1) is 5.82 Å². The molecule has 0 spiro atoms. The monoisotopic (exact) mass is 343 g/mol. The summed E-state index contributed by atoms with van der Waals surface area (Å²) >= 11 is 0. The lowest BCUT2D eigenvalue weighted by Crippen LogP contribution is -2.34. The summed E-state index contributed by atoms with van der Waals surface area (Å²) < 4.78 is 56.4. The molecule has 126 valence electrons. The summed E-state index contributed by atoms with van der Waals surface area (Å²) in [4.78, 5) is -0.499. The Morgan fingerprint density at radius 3 is 2.48 bits per heavy atom. The minimum absolute atomic E-state index is 0.118. The first kappa shape index (κ1) is 17.3. The molecule has 2 rings (SSSR count). The summed E-state index contributed by atoms with van der Waals surface area (Å²) in [6, 6.07) is 5.05. The Labute approximate surface area is 134 Å². The molecule has 0 radical (unpaired) electrons. The number of furan rings is 1. The van der Waals surface area contributed by atoms with Gasteiger partial charge in [-0.25, -0.2) is 17.5 Å². The van der Waals surface area contributed by atoms with Gasteiger partial charge in [0, 0.05) is 24.6 Å². The lowest BCUT2D eigenvalue weighted by molar-refractivity contribution is 0.350.